The number of hydrogen-bond acceptors (Lipinski definition) is 6. The highest BCUT2D eigenvalue weighted by Gasteiger charge is 2.14. The Hall–Kier alpha value is -2.02. The molecule has 0 fully saturated rings. The molecule has 0 unspecified atom stereocenters. The second kappa shape index (κ2) is 8.19. The number of rotatable bonds is 8. The third kappa shape index (κ3) is 4.74. The molecule has 24 heavy (non-hydrogen) atoms. The second-order valence-corrected chi connectivity index (χ2v) is 5.92. The molecular formula is C18H23NO5. The molecule has 0 saturated carbocycles. The van der Waals surface area contributed by atoms with Crippen LogP contribution in [0.25, 0.3) is 0 Å². The lowest BCUT2D eigenvalue weighted by Crippen LogP contribution is -2.31. The summed E-state index contributed by atoms with van der Waals surface area (Å²) in [5, 5.41) is 10.1. The number of aliphatic hydroxyl groups excluding tert-OH is 1. The Morgan fingerprint density at radius 1 is 1.21 bits per heavy atom. The molecule has 3 rings (SSSR count). The second-order valence-electron chi connectivity index (χ2n) is 5.92. The van der Waals surface area contributed by atoms with Gasteiger partial charge < -0.3 is 23.7 Å². The van der Waals surface area contributed by atoms with E-state index in [9.17, 15) is 5.11 Å². The first kappa shape index (κ1) is 16.8. The number of hydrogen-bond donors (Lipinski definition) is 1. The van der Waals surface area contributed by atoms with Crippen molar-refractivity contribution in [2.24, 2.45) is 0 Å². The molecule has 2 heterocycles. The van der Waals surface area contributed by atoms with Gasteiger partial charge in [-0.05, 0) is 36.9 Å². The summed E-state index contributed by atoms with van der Waals surface area (Å²) in [7, 11) is 1.96. The van der Waals surface area contributed by atoms with Crippen LogP contribution >= 0.6 is 0 Å². The van der Waals surface area contributed by atoms with Crippen LogP contribution < -0.4 is 9.47 Å². The van der Waals surface area contributed by atoms with Crippen molar-refractivity contribution >= 4 is 0 Å². The van der Waals surface area contributed by atoms with E-state index < -0.39 is 6.10 Å². The first-order valence-electron chi connectivity index (χ1n) is 8.06. The van der Waals surface area contributed by atoms with E-state index in [0.29, 0.717) is 32.9 Å². The molecule has 2 aromatic rings. The lowest BCUT2D eigenvalue weighted by atomic mass is 10.2. The Morgan fingerprint density at radius 2 is 2.04 bits per heavy atom. The van der Waals surface area contributed by atoms with E-state index in [1.807, 2.05) is 42.3 Å². The lowest BCUT2D eigenvalue weighted by Gasteiger charge is -2.22. The fourth-order valence-corrected chi connectivity index (χ4v) is 2.67. The molecule has 130 valence electrons. The molecule has 6 nitrogen and oxygen atoms in total. The van der Waals surface area contributed by atoms with Gasteiger partial charge in [-0.25, -0.2) is 0 Å². The van der Waals surface area contributed by atoms with E-state index in [4.69, 9.17) is 18.6 Å². The molecule has 1 N–H and O–H groups in total. The highest BCUT2D eigenvalue weighted by atomic mass is 16.6. The number of likely N-dealkylation sites (N-methyl/N-ethyl adjacent to an activating group) is 1. The summed E-state index contributed by atoms with van der Waals surface area (Å²) in [6.07, 6.45) is 1.05. The van der Waals surface area contributed by atoms with Crippen molar-refractivity contribution in [2.45, 2.75) is 19.3 Å². The molecule has 1 aliphatic heterocycles. The van der Waals surface area contributed by atoms with Gasteiger partial charge in [0.1, 0.15) is 25.6 Å². The molecule has 1 atom stereocenters. The van der Waals surface area contributed by atoms with E-state index in [0.717, 1.165) is 22.8 Å². The zero-order chi connectivity index (χ0) is 16.8. The predicted molar refractivity (Wildman–Crippen MR) is 88.1 cm³/mol. The minimum Gasteiger partial charge on any atom is -0.486 e. The van der Waals surface area contributed by atoms with Crippen molar-refractivity contribution in [1.82, 2.24) is 4.90 Å². The number of benzene rings is 1. The molecule has 0 saturated heterocycles. The third-order valence-electron chi connectivity index (χ3n) is 3.72. The number of aliphatic hydroxyl groups is 1. The van der Waals surface area contributed by atoms with Crippen LogP contribution in [-0.4, -0.2) is 49.5 Å². The summed E-state index contributed by atoms with van der Waals surface area (Å²) in [5.74, 6) is 2.33. The Morgan fingerprint density at radius 3 is 2.83 bits per heavy atom. The molecule has 1 aliphatic rings. The summed E-state index contributed by atoms with van der Waals surface area (Å²) in [6.45, 7) is 3.05. The first-order chi connectivity index (χ1) is 11.7. The van der Waals surface area contributed by atoms with Crippen LogP contribution in [0, 0.1) is 0 Å². The summed E-state index contributed by atoms with van der Waals surface area (Å²) < 4.78 is 21.8. The summed E-state index contributed by atoms with van der Waals surface area (Å²) >= 11 is 0. The van der Waals surface area contributed by atoms with Gasteiger partial charge in [0.25, 0.3) is 0 Å². The fourth-order valence-electron chi connectivity index (χ4n) is 2.67. The largest absolute Gasteiger partial charge is 0.486 e. The standard InChI is InChI=1S/C18H23NO5/c1-19(11-15(20)12-21-13-16-3-2-6-22-16)10-14-4-5-17-18(9-14)24-8-7-23-17/h2-6,9,15,20H,7-8,10-13H2,1H3/t15-/m0/s1. The first-order valence-corrected chi connectivity index (χ1v) is 8.06. The van der Waals surface area contributed by atoms with Crippen LogP contribution in [0.4, 0.5) is 0 Å². The molecule has 0 aliphatic carbocycles. The van der Waals surface area contributed by atoms with E-state index in [1.165, 1.54) is 0 Å². The van der Waals surface area contributed by atoms with Gasteiger partial charge in [-0.2, -0.15) is 0 Å². The summed E-state index contributed by atoms with van der Waals surface area (Å²) in [4.78, 5) is 2.05. The molecule has 1 aromatic heterocycles. The van der Waals surface area contributed by atoms with Crippen molar-refractivity contribution in [1.29, 1.82) is 0 Å². The maximum atomic E-state index is 10.1. The quantitative estimate of drug-likeness (QED) is 0.798. The van der Waals surface area contributed by atoms with E-state index in [2.05, 4.69) is 0 Å². The third-order valence-corrected chi connectivity index (χ3v) is 3.72. The van der Waals surface area contributed by atoms with Crippen molar-refractivity contribution in [2.75, 3.05) is 33.4 Å². The minimum atomic E-state index is -0.554. The van der Waals surface area contributed by atoms with Crippen LogP contribution in [0.1, 0.15) is 11.3 Å². The van der Waals surface area contributed by atoms with Crippen molar-refractivity contribution in [3.8, 4) is 11.5 Å². The van der Waals surface area contributed by atoms with Gasteiger partial charge in [-0.15, -0.1) is 0 Å². The van der Waals surface area contributed by atoms with Crippen LogP contribution in [-0.2, 0) is 17.9 Å². The fraction of sp³-hybridized carbons (Fsp3) is 0.444. The summed E-state index contributed by atoms with van der Waals surface area (Å²) in [6, 6.07) is 9.60. The van der Waals surface area contributed by atoms with E-state index in [-0.39, 0.29) is 6.61 Å². The van der Waals surface area contributed by atoms with Gasteiger partial charge in [0.05, 0.1) is 19.0 Å². The van der Waals surface area contributed by atoms with Gasteiger partial charge in [0, 0.05) is 13.1 Å². The zero-order valence-corrected chi connectivity index (χ0v) is 13.8. The number of fused-ring (bicyclic) bond motifs is 1. The van der Waals surface area contributed by atoms with Crippen LogP contribution in [0.3, 0.4) is 0 Å². The van der Waals surface area contributed by atoms with Gasteiger partial charge >= 0.3 is 0 Å². The monoisotopic (exact) mass is 333 g/mol. The van der Waals surface area contributed by atoms with E-state index >= 15 is 0 Å². The average Bonchev–Trinajstić information content (AvgIpc) is 3.08. The topological polar surface area (TPSA) is 64.3 Å². The molecule has 0 amide bonds. The SMILES string of the molecule is CN(Cc1ccc2c(c1)OCCO2)C[C@H](O)COCc1ccco1. The number of furan rings is 1. The molecule has 0 spiro atoms. The molecule has 6 heteroatoms. The Balaban J connectivity index is 1.42. The molecule has 0 radical (unpaired) electrons. The van der Waals surface area contributed by atoms with Gasteiger partial charge in [0.15, 0.2) is 11.5 Å². The highest BCUT2D eigenvalue weighted by molar-refractivity contribution is 5.43. The molecular weight excluding hydrogens is 310 g/mol. The van der Waals surface area contributed by atoms with Crippen LogP contribution in [0.5, 0.6) is 11.5 Å². The van der Waals surface area contributed by atoms with Gasteiger partial charge in [0.2, 0.25) is 0 Å². The molecule has 1 aromatic carbocycles. The highest BCUT2D eigenvalue weighted by Crippen LogP contribution is 2.31. The lowest BCUT2D eigenvalue weighted by molar-refractivity contribution is 0.00767. The van der Waals surface area contributed by atoms with Crippen molar-refractivity contribution < 1.29 is 23.7 Å². The molecule has 0 bridgehead atoms. The number of ether oxygens (including phenoxy) is 3. The Labute approximate surface area is 141 Å². The van der Waals surface area contributed by atoms with Crippen molar-refractivity contribution in [3.63, 3.8) is 0 Å². The maximum absolute atomic E-state index is 10.1. The normalized spacial score (nSPS) is 14.8. The Kier molecular flexibility index (Phi) is 5.74. The minimum absolute atomic E-state index is 0.270. The van der Waals surface area contributed by atoms with Crippen molar-refractivity contribution in [3.05, 3.63) is 47.9 Å². The smallest absolute Gasteiger partial charge is 0.161 e. The average molecular weight is 333 g/mol. The van der Waals surface area contributed by atoms with Gasteiger partial charge in [-0.3, -0.25) is 4.90 Å². The maximum Gasteiger partial charge on any atom is 0.161 e. The van der Waals surface area contributed by atoms with Crippen LogP contribution in [0.15, 0.2) is 41.0 Å². The Bertz CT molecular complexity index is 628. The zero-order valence-electron chi connectivity index (χ0n) is 13.8. The number of nitrogens with zero attached hydrogens (tertiary/aromatic N) is 1. The summed E-state index contributed by atoms with van der Waals surface area (Å²) in [5.41, 5.74) is 1.12. The van der Waals surface area contributed by atoms with Gasteiger partial charge in [-0.1, -0.05) is 6.07 Å². The van der Waals surface area contributed by atoms with Crippen LogP contribution in [0.2, 0.25) is 0 Å². The van der Waals surface area contributed by atoms with E-state index in [1.54, 1.807) is 6.26 Å². The predicted octanol–water partition coefficient (Wildman–Crippen LogP) is 2.06.